The van der Waals surface area contributed by atoms with Crippen molar-refractivity contribution in [1.29, 1.82) is 0 Å². The predicted molar refractivity (Wildman–Crippen MR) is 65.2 cm³/mol. The lowest BCUT2D eigenvalue weighted by molar-refractivity contribution is 0.0791. The van der Waals surface area contributed by atoms with Crippen molar-refractivity contribution in [3.8, 4) is 0 Å². The van der Waals surface area contributed by atoms with Gasteiger partial charge in [0.05, 0.1) is 22.6 Å². The third kappa shape index (κ3) is 3.08. The summed E-state index contributed by atoms with van der Waals surface area (Å²) in [6.07, 6.45) is 0. The first-order valence-corrected chi connectivity index (χ1v) is 6.23. The van der Waals surface area contributed by atoms with E-state index in [1.165, 1.54) is 5.00 Å². The lowest BCUT2D eigenvalue weighted by Crippen LogP contribution is -2.47. The highest BCUT2D eigenvalue weighted by atomic mass is 35.5. The van der Waals surface area contributed by atoms with Gasteiger partial charge in [0.1, 0.15) is 0 Å². The maximum atomic E-state index is 5.90. The number of rotatable bonds is 3. The molecule has 1 N–H and O–H groups in total. The number of morpholine rings is 1. The summed E-state index contributed by atoms with van der Waals surface area (Å²) in [5.41, 5.74) is 0. The first kappa shape index (κ1) is 11.2. The fourth-order valence-electron chi connectivity index (χ4n) is 1.67. The largest absolute Gasteiger partial charge is 0.378 e. The molecule has 2 heterocycles. The van der Waals surface area contributed by atoms with Crippen LogP contribution in [0.1, 0.15) is 0 Å². The third-order valence-corrected chi connectivity index (χ3v) is 3.77. The van der Waals surface area contributed by atoms with Crippen LogP contribution in [0.2, 0.25) is 4.34 Å². The van der Waals surface area contributed by atoms with Gasteiger partial charge in [-0.3, -0.25) is 0 Å². The molecule has 3 nitrogen and oxygen atoms in total. The smallest absolute Gasteiger partial charge is 0.0950 e. The number of halogens is 1. The molecule has 1 aromatic rings. The van der Waals surface area contributed by atoms with E-state index in [0.717, 1.165) is 30.6 Å². The van der Waals surface area contributed by atoms with E-state index in [-0.39, 0.29) is 0 Å². The monoisotopic (exact) mass is 246 g/mol. The molecular formula is C10H15ClN2OS. The van der Waals surface area contributed by atoms with E-state index in [1.807, 2.05) is 6.07 Å². The molecule has 1 unspecified atom stereocenters. The Balaban J connectivity index is 1.88. The molecule has 5 heteroatoms. The molecule has 2 rings (SSSR count). The minimum atomic E-state index is 0.421. The molecule has 0 spiro atoms. The summed E-state index contributed by atoms with van der Waals surface area (Å²) in [5, 5.41) is 4.63. The first-order valence-electron chi connectivity index (χ1n) is 5.03. The molecule has 1 saturated heterocycles. The van der Waals surface area contributed by atoms with E-state index in [0.29, 0.717) is 6.04 Å². The Bertz CT molecular complexity index is 312. The zero-order valence-corrected chi connectivity index (χ0v) is 10.3. The van der Waals surface area contributed by atoms with Crippen molar-refractivity contribution in [2.45, 2.75) is 6.04 Å². The van der Waals surface area contributed by atoms with Gasteiger partial charge >= 0.3 is 0 Å². The highest BCUT2D eigenvalue weighted by molar-refractivity contribution is 7.19. The summed E-state index contributed by atoms with van der Waals surface area (Å²) in [5.74, 6) is 0. The number of anilines is 1. The second-order valence-electron chi connectivity index (χ2n) is 3.68. The minimum absolute atomic E-state index is 0.421. The SMILES string of the molecule is CN(CC1COCCN1)c1ccc(Cl)s1. The van der Waals surface area contributed by atoms with Gasteiger partial charge in [-0.05, 0) is 12.1 Å². The van der Waals surface area contributed by atoms with Gasteiger partial charge in [-0.25, -0.2) is 0 Å². The summed E-state index contributed by atoms with van der Waals surface area (Å²) in [6.45, 7) is 3.52. The van der Waals surface area contributed by atoms with Gasteiger partial charge in [-0.15, -0.1) is 11.3 Å². The molecule has 1 aliphatic heterocycles. The molecule has 1 aromatic heterocycles. The summed E-state index contributed by atoms with van der Waals surface area (Å²) in [4.78, 5) is 2.21. The van der Waals surface area contributed by atoms with Gasteiger partial charge in [-0.2, -0.15) is 0 Å². The van der Waals surface area contributed by atoms with Gasteiger partial charge in [0.2, 0.25) is 0 Å². The summed E-state index contributed by atoms with van der Waals surface area (Å²) >= 11 is 7.51. The van der Waals surface area contributed by atoms with Crippen LogP contribution in [0, 0.1) is 0 Å². The molecule has 15 heavy (non-hydrogen) atoms. The van der Waals surface area contributed by atoms with Crippen molar-refractivity contribution in [3.05, 3.63) is 16.5 Å². The topological polar surface area (TPSA) is 24.5 Å². The number of hydrogen-bond acceptors (Lipinski definition) is 4. The van der Waals surface area contributed by atoms with Crippen LogP contribution in [0.4, 0.5) is 5.00 Å². The molecular weight excluding hydrogens is 232 g/mol. The Morgan fingerprint density at radius 3 is 3.13 bits per heavy atom. The highest BCUT2D eigenvalue weighted by Gasteiger charge is 2.15. The molecule has 1 aliphatic rings. The molecule has 0 bridgehead atoms. The average molecular weight is 247 g/mol. The van der Waals surface area contributed by atoms with E-state index in [1.54, 1.807) is 11.3 Å². The Hall–Kier alpha value is -0.290. The number of thiophene rings is 1. The summed E-state index contributed by atoms with van der Waals surface area (Å²) in [6, 6.07) is 4.41. The standard InChI is InChI=1S/C10H15ClN2OS/c1-13(10-3-2-9(11)15-10)6-8-7-14-5-4-12-8/h2-3,8,12H,4-7H2,1H3. The molecule has 0 aromatic carbocycles. The van der Waals surface area contributed by atoms with Gasteiger partial charge in [0.25, 0.3) is 0 Å². The van der Waals surface area contributed by atoms with Gasteiger partial charge in [0, 0.05) is 26.2 Å². The molecule has 0 amide bonds. The van der Waals surface area contributed by atoms with E-state index >= 15 is 0 Å². The van der Waals surface area contributed by atoms with Crippen LogP contribution in [0.3, 0.4) is 0 Å². The van der Waals surface area contributed by atoms with Crippen LogP contribution in [-0.2, 0) is 4.74 Å². The minimum Gasteiger partial charge on any atom is -0.378 e. The van der Waals surface area contributed by atoms with E-state index in [2.05, 4.69) is 23.3 Å². The second-order valence-corrected chi connectivity index (χ2v) is 5.38. The van der Waals surface area contributed by atoms with Crippen LogP contribution in [0.25, 0.3) is 0 Å². The van der Waals surface area contributed by atoms with Gasteiger partial charge in [0.15, 0.2) is 0 Å². The average Bonchev–Trinajstić information content (AvgIpc) is 2.66. The molecule has 0 aliphatic carbocycles. The highest BCUT2D eigenvalue weighted by Crippen LogP contribution is 2.28. The number of ether oxygens (including phenoxy) is 1. The van der Waals surface area contributed by atoms with Crippen molar-refractivity contribution < 1.29 is 4.74 Å². The summed E-state index contributed by atoms with van der Waals surface area (Å²) in [7, 11) is 2.08. The summed E-state index contributed by atoms with van der Waals surface area (Å²) < 4.78 is 6.25. The van der Waals surface area contributed by atoms with Crippen molar-refractivity contribution in [1.82, 2.24) is 5.32 Å². The Labute approximate surface area is 99.0 Å². The molecule has 0 saturated carbocycles. The Morgan fingerprint density at radius 1 is 1.67 bits per heavy atom. The molecule has 1 fully saturated rings. The van der Waals surface area contributed by atoms with Gasteiger partial charge < -0.3 is 15.0 Å². The zero-order chi connectivity index (χ0) is 10.7. The quantitative estimate of drug-likeness (QED) is 0.881. The first-order chi connectivity index (χ1) is 7.25. The van der Waals surface area contributed by atoms with Gasteiger partial charge in [-0.1, -0.05) is 11.6 Å². The van der Waals surface area contributed by atoms with Crippen LogP contribution in [0.5, 0.6) is 0 Å². The molecule has 84 valence electrons. The fourth-order valence-corrected chi connectivity index (χ4v) is 2.67. The number of likely N-dealkylation sites (N-methyl/N-ethyl adjacent to an activating group) is 1. The lowest BCUT2D eigenvalue weighted by Gasteiger charge is -2.28. The number of nitrogens with zero attached hydrogens (tertiary/aromatic N) is 1. The second kappa shape index (κ2) is 5.16. The van der Waals surface area contributed by atoms with Crippen molar-refractivity contribution in [2.24, 2.45) is 0 Å². The van der Waals surface area contributed by atoms with Crippen LogP contribution < -0.4 is 10.2 Å². The number of hydrogen-bond donors (Lipinski definition) is 1. The maximum absolute atomic E-state index is 5.90. The van der Waals surface area contributed by atoms with Crippen molar-refractivity contribution >= 4 is 27.9 Å². The van der Waals surface area contributed by atoms with E-state index in [4.69, 9.17) is 16.3 Å². The third-order valence-electron chi connectivity index (χ3n) is 2.43. The molecule has 0 radical (unpaired) electrons. The van der Waals surface area contributed by atoms with Crippen LogP contribution in [-0.4, -0.2) is 39.4 Å². The van der Waals surface area contributed by atoms with E-state index < -0.39 is 0 Å². The maximum Gasteiger partial charge on any atom is 0.0950 e. The Morgan fingerprint density at radius 2 is 2.53 bits per heavy atom. The number of nitrogens with one attached hydrogen (secondary N) is 1. The molecule has 1 atom stereocenters. The van der Waals surface area contributed by atoms with Crippen molar-refractivity contribution in [3.63, 3.8) is 0 Å². The predicted octanol–water partition coefficient (Wildman–Crippen LogP) is 1.83. The normalized spacial score (nSPS) is 21.6. The van der Waals surface area contributed by atoms with Crippen LogP contribution in [0.15, 0.2) is 12.1 Å². The van der Waals surface area contributed by atoms with Crippen molar-refractivity contribution in [2.75, 3.05) is 38.3 Å². The fraction of sp³-hybridized carbons (Fsp3) is 0.600. The van der Waals surface area contributed by atoms with Crippen LogP contribution >= 0.6 is 22.9 Å². The zero-order valence-electron chi connectivity index (χ0n) is 8.70. The van der Waals surface area contributed by atoms with E-state index in [9.17, 15) is 0 Å². The lowest BCUT2D eigenvalue weighted by atomic mass is 10.2. The Kier molecular flexibility index (Phi) is 3.86.